The molecule has 3 N–H and O–H groups in total. The molecule has 90 valence electrons. The second-order valence-electron chi connectivity index (χ2n) is 4.02. The van der Waals surface area contributed by atoms with Crippen molar-refractivity contribution in [3.05, 3.63) is 17.8 Å². The number of sulfone groups is 1. The molecule has 0 bridgehead atoms. The number of nitrogens with one attached hydrogen (secondary N) is 1. The first-order chi connectivity index (χ1) is 8.00. The number of hydrogen-bond acceptors (Lipinski definition) is 6. The average molecular weight is 252 g/mol. The van der Waals surface area contributed by atoms with Crippen molar-refractivity contribution in [3.8, 4) is 6.07 Å². The van der Waals surface area contributed by atoms with Crippen LogP contribution in [-0.2, 0) is 9.84 Å². The predicted molar refractivity (Wildman–Crippen MR) is 64.0 cm³/mol. The van der Waals surface area contributed by atoms with E-state index in [0.29, 0.717) is 23.5 Å². The quantitative estimate of drug-likeness (QED) is 0.774. The summed E-state index contributed by atoms with van der Waals surface area (Å²) in [5.41, 5.74) is 6.25. The Morgan fingerprint density at radius 2 is 2.35 bits per heavy atom. The molecule has 0 amide bonds. The van der Waals surface area contributed by atoms with Crippen LogP contribution in [0.15, 0.2) is 12.3 Å². The third kappa shape index (κ3) is 2.65. The van der Waals surface area contributed by atoms with Crippen LogP contribution in [0.2, 0.25) is 0 Å². The first-order valence-electron chi connectivity index (χ1n) is 5.13. The summed E-state index contributed by atoms with van der Waals surface area (Å²) in [5.74, 6) is 0.662. The standard InChI is InChI=1S/C10H12N4O2S/c11-4-7-3-8(12)5-13-10(7)14-9-1-2-17(15,16)6-9/h3,5,9H,1-2,6,12H2,(H,13,14). The molecule has 0 aliphatic carbocycles. The molecule has 1 fully saturated rings. The van der Waals surface area contributed by atoms with Gasteiger partial charge < -0.3 is 11.1 Å². The minimum absolute atomic E-state index is 0.0872. The van der Waals surface area contributed by atoms with E-state index < -0.39 is 9.84 Å². The molecule has 6 nitrogen and oxygen atoms in total. The summed E-state index contributed by atoms with van der Waals surface area (Å²) < 4.78 is 22.6. The molecule has 1 aromatic rings. The highest BCUT2D eigenvalue weighted by atomic mass is 32.2. The summed E-state index contributed by atoms with van der Waals surface area (Å²) >= 11 is 0. The van der Waals surface area contributed by atoms with Gasteiger partial charge in [-0.25, -0.2) is 13.4 Å². The molecule has 1 aliphatic rings. The number of nitrogens with two attached hydrogens (primary N) is 1. The minimum Gasteiger partial charge on any atom is -0.397 e. The third-order valence-electron chi connectivity index (χ3n) is 2.60. The van der Waals surface area contributed by atoms with Crippen molar-refractivity contribution >= 4 is 21.3 Å². The minimum atomic E-state index is -2.94. The zero-order chi connectivity index (χ0) is 12.5. The van der Waals surface area contributed by atoms with Crippen molar-refractivity contribution < 1.29 is 8.42 Å². The van der Waals surface area contributed by atoms with Gasteiger partial charge in [-0.2, -0.15) is 5.26 Å². The van der Waals surface area contributed by atoms with Crippen LogP contribution >= 0.6 is 0 Å². The van der Waals surface area contributed by atoms with Crippen molar-refractivity contribution in [2.45, 2.75) is 12.5 Å². The summed E-state index contributed by atoms with van der Waals surface area (Å²) in [7, 11) is -2.94. The van der Waals surface area contributed by atoms with E-state index in [0.717, 1.165) is 0 Å². The predicted octanol–water partition coefficient (Wildman–Crippen LogP) is 0.134. The van der Waals surface area contributed by atoms with Gasteiger partial charge in [0.1, 0.15) is 11.9 Å². The maximum absolute atomic E-state index is 11.3. The van der Waals surface area contributed by atoms with Gasteiger partial charge in [0.15, 0.2) is 9.84 Å². The van der Waals surface area contributed by atoms with E-state index in [9.17, 15) is 8.42 Å². The molecule has 0 aromatic carbocycles. The van der Waals surface area contributed by atoms with Gasteiger partial charge in [0.05, 0.1) is 29.0 Å². The topological polar surface area (TPSA) is 109 Å². The summed E-state index contributed by atoms with van der Waals surface area (Å²) in [6, 6.07) is 3.31. The molecule has 0 saturated carbocycles. The highest BCUT2D eigenvalue weighted by molar-refractivity contribution is 7.91. The molecule has 7 heteroatoms. The fourth-order valence-corrected chi connectivity index (χ4v) is 3.46. The van der Waals surface area contributed by atoms with Crippen LogP contribution in [0.3, 0.4) is 0 Å². The fourth-order valence-electron chi connectivity index (χ4n) is 1.78. The zero-order valence-electron chi connectivity index (χ0n) is 9.05. The summed E-state index contributed by atoms with van der Waals surface area (Å²) in [5, 5.41) is 11.9. The van der Waals surface area contributed by atoms with Crippen molar-refractivity contribution in [2.75, 3.05) is 22.6 Å². The summed E-state index contributed by atoms with van der Waals surface area (Å²) in [6.07, 6.45) is 1.98. The fraction of sp³-hybridized carbons (Fsp3) is 0.400. The lowest BCUT2D eigenvalue weighted by Gasteiger charge is -2.12. The molecule has 2 heterocycles. The second-order valence-corrected chi connectivity index (χ2v) is 6.25. The van der Waals surface area contributed by atoms with E-state index >= 15 is 0 Å². The highest BCUT2D eigenvalue weighted by Crippen LogP contribution is 2.19. The zero-order valence-corrected chi connectivity index (χ0v) is 9.87. The molecule has 2 rings (SSSR count). The van der Waals surface area contributed by atoms with E-state index in [1.165, 1.54) is 12.3 Å². The number of anilines is 2. The number of pyridine rings is 1. The first kappa shape index (κ1) is 11.7. The Morgan fingerprint density at radius 3 is 2.94 bits per heavy atom. The van der Waals surface area contributed by atoms with Gasteiger partial charge >= 0.3 is 0 Å². The van der Waals surface area contributed by atoms with Crippen LogP contribution in [-0.4, -0.2) is 30.9 Å². The lowest BCUT2D eigenvalue weighted by molar-refractivity contribution is 0.602. The second kappa shape index (κ2) is 4.22. The summed E-state index contributed by atoms with van der Waals surface area (Å²) in [6.45, 7) is 0. The van der Waals surface area contributed by atoms with Crippen LogP contribution in [0.5, 0.6) is 0 Å². The van der Waals surface area contributed by atoms with E-state index in [4.69, 9.17) is 11.0 Å². The SMILES string of the molecule is N#Cc1cc(N)cnc1NC1CCS(=O)(=O)C1. The Bertz CT molecular complexity index is 576. The van der Waals surface area contributed by atoms with E-state index in [2.05, 4.69) is 10.3 Å². The molecular weight excluding hydrogens is 240 g/mol. The van der Waals surface area contributed by atoms with Gasteiger partial charge in [0.2, 0.25) is 0 Å². The average Bonchev–Trinajstić information content (AvgIpc) is 2.61. The lowest BCUT2D eigenvalue weighted by Crippen LogP contribution is -2.21. The van der Waals surface area contributed by atoms with E-state index in [1.807, 2.05) is 6.07 Å². The Kier molecular flexibility index (Phi) is 2.90. The number of aromatic nitrogens is 1. The maximum Gasteiger partial charge on any atom is 0.152 e. The number of nitrogens with zero attached hydrogens (tertiary/aromatic N) is 2. The van der Waals surface area contributed by atoms with E-state index in [1.54, 1.807) is 0 Å². The van der Waals surface area contributed by atoms with Crippen molar-refractivity contribution in [1.82, 2.24) is 4.98 Å². The molecule has 1 unspecified atom stereocenters. The largest absolute Gasteiger partial charge is 0.397 e. The third-order valence-corrected chi connectivity index (χ3v) is 4.37. The van der Waals surface area contributed by atoms with Gasteiger partial charge in [0, 0.05) is 6.04 Å². The van der Waals surface area contributed by atoms with Crippen LogP contribution in [0.1, 0.15) is 12.0 Å². The monoisotopic (exact) mass is 252 g/mol. The Balaban J connectivity index is 2.18. The Hall–Kier alpha value is -1.81. The van der Waals surface area contributed by atoms with Gasteiger partial charge in [-0.3, -0.25) is 0 Å². The molecule has 0 spiro atoms. The summed E-state index contributed by atoms with van der Waals surface area (Å²) in [4.78, 5) is 4.01. The molecule has 1 saturated heterocycles. The van der Waals surface area contributed by atoms with Crippen LogP contribution < -0.4 is 11.1 Å². The molecule has 17 heavy (non-hydrogen) atoms. The van der Waals surface area contributed by atoms with Crippen LogP contribution in [0, 0.1) is 11.3 Å². The van der Waals surface area contributed by atoms with Gasteiger partial charge in [0.25, 0.3) is 0 Å². The molecule has 0 radical (unpaired) electrons. The highest BCUT2D eigenvalue weighted by Gasteiger charge is 2.28. The van der Waals surface area contributed by atoms with Gasteiger partial charge in [-0.05, 0) is 12.5 Å². The normalized spacial score (nSPS) is 21.9. The lowest BCUT2D eigenvalue weighted by atomic mass is 10.2. The number of nitriles is 1. The smallest absolute Gasteiger partial charge is 0.152 e. The van der Waals surface area contributed by atoms with Crippen molar-refractivity contribution in [2.24, 2.45) is 0 Å². The Labute approximate surface area is 99.4 Å². The molecule has 1 aliphatic heterocycles. The number of nitrogen functional groups attached to an aromatic ring is 1. The van der Waals surface area contributed by atoms with E-state index in [-0.39, 0.29) is 17.5 Å². The Morgan fingerprint density at radius 1 is 1.59 bits per heavy atom. The first-order valence-corrected chi connectivity index (χ1v) is 6.95. The number of hydrogen-bond donors (Lipinski definition) is 2. The number of rotatable bonds is 2. The molecule has 1 atom stereocenters. The van der Waals surface area contributed by atoms with Crippen molar-refractivity contribution in [3.63, 3.8) is 0 Å². The van der Waals surface area contributed by atoms with Crippen molar-refractivity contribution in [1.29, 1.82) is 5.26 Å². The molecular formula is C10H12N4O2S. The van der Waals surface area contributed by atoms with Gasteiger partial charge in [-0.1, -0.05) is 0 Å². The maximum atomic E-state index is 11.3. The van der Waals surface area contributed by atoms with Gasteiger partial charge in [-0.15, -0.1) is 0 Å². The van der Waals surface area contributed by atoms with Crippen LogP contribution in [0.4, 0.5) is 11.5 Å². The van der Waals surface area contributed by atoms with Crippen LogP contribution in [0.25, 0.3) is 0 Å². The molecule has 1 aromatic heterocycles.